The van der Waals surface area contributed by atoms with Gasteiger partial charge in [0.15, 0.2) is 0 Å². The summed E-state index contributed by atoms with van der Waals surface area (Å²) in [5.41, 5.74) is 8.94. The second-order valence-electron chi connectivity index (χ2n) is 6.79. The number of aromatic amines is 1. The predicted molar refractivity (Wildman–Crippen MR) is 107 cm³/mol. The molecule has 0 bridgehead atoms. The summed E-state index contributed by atoms with van der Waals surface area (Å²) in [6.07, 6.45) is 8.58. The number of nitrogens with two attached hydrogens (primary N) is 1. The van der Waals surface area contributed by atoms with E-state index in [4.69, 9.17) is 5.73 Å². The number of aromatic nitrogens is 3. The molecule has 138 valence electrons. The normalized spacial score (nSPS) is 15.7. The molecule has 1 amide bonds. The van der Waals surface area contributed by atoms with E-state index >= 15 is 0 Å². The maximum atomic E-state index is 11.0. The zero-order chi connectivity index (χ0) is 18.8. The summed E-state index contributed by atoms with van der Waals surface area (Å²) >= 11 is 0. The van der Waals surface area contributed by atoms with Crippen LogP contribution in [0.15, 0.2) is 42.9 Å². The van der Waals surface area contributed by atoms with Crippen LogP contribution in [0, 0.1) is 0 Å². The minimum absolute atomic E-state index is 0.473. The number of anilines is 1. The number of nitrogens with one attached hydrogen (secondary N) is 1. The van der Waals surface area contributed by atoms with Gasteiger partial charge in [0.1, 0.15) is 11.5 Å². The number of carbonyl (C=O) groups excluding carboxylic acids is 1. The van der Waals surface area contributed by atoms with Crippen LogP contribution in [-0.2, 0) is 4.79 Å². The van der Waals surface area contributed by atoms with E-state index in [-0.39, 0.29) is 0 Å². The number of carbonyl (C=O) groups is 1. The van der Waals surface area contributed by atoms with Gasteiger partial charge in [0.2, 0.25) is 5.91 Å². The third-order valence-electron chi connectivity index (χ3n) is 4.90. The van der Waals surface area contributed by atoms with E-state index in [1.807, 2.05) is 24.7 Å². The fraction of sp³-hybridized carbons (Fsp3) is 0.250. The van der Waals surface area contributed by atoms with Gasteiger partial charge in [-0.2, -0.15) is 0 Å². The molecule has 0 saturated carbocycles. The number of piperazine rings is 1. The Labute approximate surface area is 157 Å². The van der Waals surface area contributed by atoms with Gasteiger partial charge in [0, 0.05) is 67.4 Å². The Hall–Kier alpha value is -3.19. The zero-order valence-corrected chi connectivity index (χ0v) is 15.2. The highest BCUT2D eigenvalue weighted by Gasteiger charge is 2.16. The fourth-order valence-corrected chi connectivity index (χ4v) is 3.30. The molecule has 0 aromatic carbocycles. The van der Waals surface area contributed by atoms with E-state index in [9.17, 15) is 4.79 Å². The predicted octanol–water partition coefficient (Wildman–Crippen LogP) is 1.88. The number of nitrogens with zero attached hydrogens (tertiary/aromatic N) is 4. The second kappa shape index (κ2) is 7.20. The van der Waals surface area contributed by atoms with Crippen LogP contribution in [0.5, 0.6) is 0 Å². The molecular formula is C20H22N6O. The third-order valence-corrected chi connectivity index (χ3v) is 4.90. The molecule has 1 aliphatic heterocycles. The van der Waals surface area contributed by atoms with Crippen molar-refractivity contribution in [3.63, 3.8) is 0 Å². The van der Waals surface area contributed by atoms with Crippen LogP contribution in [-0.4, -0.2) is 59.0 Å². The molecule has 0 atom stereocenters. The highest BCUT2D eigenvalue weighted by Crippen LogP contribution is 2.27. The topological polar surface area (TPSA) is 91.1 Å². The summed E-state index contributed by atoms with van der Waals surface area (Å²) in [5, 5.41) is 0.947. The largest absolute Gasteiger partial charge is 0.366 e. The monoisotopic (exact) mass is 362 g/mol. The van der Waals surface area contributed by atoms with Gasteiger partial charge in [0.25, 0.3) is 0 Å². The van der Waals surface area contributed by atoms with Gasteiger partial charge in [-0.05, 0) is 36.9 Å². The molecule has 3 N–H and O–H groups in total. The van der Waals surface area contributed by atoms with Gasteiger partial charge < -0.3 is 20.5 Å². The summed E-state index contributed by atoms with van der Waals surface area (Å²) in [5.74, 6) is 0.517. The Morgan fingerprint density at radius 2 is 2.00 bits per heavy atom. The molecule has 3 aromatic rings. The van der Waals surface area contributed by atoms with E-state index in [0.717, 1.165) is 59.7 Å². The smallest absolute Gasteiger partial charge is 0.241 e. The highest BCUT2D eigenvalue weighted by molar-refractivity contribution is 5.95. The summed E-state index contributed by atoms with van der Waals surface area (Å²) in [4.78, 5) is 27.8. The molecule has 1 aliphatic rings. The molecule has 0 spiro atoms. The van der Waals surface area contributed by atoms with Crippen molar-refractivity contribution >= 4 is 28.8 Å². The minimum atomic E-state index is -0.473. The number of primary amides is 1. The van der Waals surface area contributed by atoms with Gasteiger partial charge in [-0.25, -0.2) is 9.97 Å². The van der Waals surface area contributed by atoms with Crippen molar-refractivity contribution in [1.29, 1.82) is 0 Å². The standard InChI is InChI=1S/C20H22N6O/c1-25-6-8-26(9-7-25)19-11-14(4-5-22-19)16-10-17-15(2-3-18(21)27)12-23-20(17)24-13-16/h2-5,10-13H,6-9H2,1H3,(H2,21,27)(H,23,24)/b3-2+. The van der Waals surface area contributed by atoms with Gasteiger partial charge in [-0.15, -0.1) is 0 Å². The highest BCUT2D eigenvalue weighted by atomic mass is 16.1. The summed E-state index contributed by atoms with van der Waals surface area (Å²) < 4.78 is 0. The first-order valence-electron chi connectivity index (χ1n) is 8.95. The van der Waals surface area contributed by atoms with Crippen LogP contribution in [0.1, 0.15) is 5.56 Å². The van der Waals surface area contributed by atoms with Crippen molar-refractivity contribution in [1.82, 2.24) is 19.9 Å². The minimum Gasteiger partial charge on any atom is -0.366 e. The Bertz CT molecular complexity index is 1000. The molecule has 1 saturated heterocycles. The molecule has 0 radical (unpaired) electrons. The fourth-order valence-electron chi connectivity index (χ4n) is 3.30. The molecule has 7 heteroatoms. The van der Waals surface area contributed by atoms with Gasteiger partial charge in [0.05, 0.1) is 0 Å². The lowest BCUT2D eigenvalue weighted by molar-refractivity contribution is -0.113. The molecule has 3 aromatic heterocycles. The number of fused-ring (bicyclic) bond motifs is 1. The summed E-state index contributed by atoms with van der Waals surface area (Å²) in [6, 6.07) is 6.18. The molecule has 0 aliphatic carbocycles. The van der Waals surface area contributed by atoms with E-state index < -0.39 is 5.91 Å². The molecule has 1 fully saturated rings. The molecule has 4 heterocycles. The van der Waals surface area contributed by atoms with Crippen molar-refractivity contribution < 1.29 is 4.79 Å². The lowest BCUT2D eigenvalue weighted by Gasteiger charge is -2.33. The Kier molecular flexibility index (Phi) is 4.60. The van der Waals surface area contributed by atoms with Crippen LogP contribution in [0.4, 0.5) is 5.82 Å². The van der Waals surface area contributed by atoms with E-state index in [0.29, 0.717) is 0 Å². The molecule has 4 rings (SSSR count). The van der Waals surface area contributed by atoms with Gasteiger partial charge in [-0.3, -0.25) is 4.79 Å². The van der Waals surface area contributed by atoms with Crippen molar-refractivity contribution in [3.05, 3.63) is 48.4 Å². The first-order chi connectivity index (χ1) is 13.1. The summed E-state index contributed by atoms with van der Waals surface area (Å²) in [6.45, 7) is 4.03. The van der Waals surface area contributed by atoms with Crippen LogP contribution >= 0.6 is 0 Å². The average Bonchev–Trinajstić information content (AvgIpc) is 3.09. The average molecular weight is 362 g/mol. The Balaban J connectivity index is 1.67. The Morgan fingerprint density at radius 1 is 1.19 bits per heavy atom. The molecule has 0 unspecified atom stereocenters. The molecular weight excluding hydrogens is 340 g/mol. The number of amides is 1. The lowest BCUT2D eigenvalue weighted by atomic mass is 10.1. The van der Waals surface area contributed by atoms with Crippen LogP contribution < -0.4 is 10.6 Å². The molecule has 27 heavy (non-hydrogen) atoms. The van der Waals surface area contributed by atoms with Crippen molar-refractivity contribution in [2.45, 2.75) is 0 Å². The van der Waals surface area contributed by atoms with E-state index in [1.54, 1.807) is 6.08 Å². The zero-order valence-electron chi connectivity index (χ0n) is 15.2. The molecule has 7 nitrogen and oxygen atoms in total. The number of hydrogen-bond acceptors (Lipinski definition) is 5. The maximum Gasteiger partial charge on any atom is 0.241 e. The third kappa shape index (κ3) is 3.68. The van der Waals surface area contributed by atoms with Crippen molar-refractivity contribution in [3.8, 4) is 11.1 Å². The number of pyridine rings is 2. The first-order valence-corrected chi connectivity index (χ1v) is 8.95. The lowest BCUT2D eigenvalue weighted by Crippen LogP contribution is -2.44. The van der Waals surface area contributed by atoms with E-state index in [2.05, 4.69) is 43.9 Å². The van der Waals surface area contributed by atoms with Crippen LogP contribution in [0.2, 0.25) is 0 Å². The number of H-pyrrole nitrogens is 1. The van der Waals surface area contributed by atoms with Crippen LogP contribution in [0.25, 0.3) is 28.2 Å². The van der Waals surface area contributed by atoms with Gasteiger partial charge >= 0.3 is 0 Å². The summed E-state index contributed by atoms with van der Waals surface area (Å²) in [7, 11) is 2.14. The van der Waals surface area contributed by atoms with Crippen LogP contribution in [0.3, 0.4) is 0 Å². The first kappa shape index (κ1) is 17.2. The second-order valence-corrected chi connectivity index (χ2v) is 6.79. The Morgan fingerprint density at radius 3 is 2.78 bits per heavy atom. The van der Waals surface area contributed by atoms with Gasteiger partial charge in [-0.1, -0.05) is 0 Å². The SMILES string of the molecule is CN1CCN(c2cc(-c3cnc4[nH]cc(/C=C/C(N)=O)c4c3)ccn2)CC1. The quantitative estimate of drug-likeness (QED) is 0.692. The van der Waals surface area contributed by atoms with Crippen molar-refractivity contribution in [2.75, 3.05) is 38.1 Å². The number of rotatable bonds is 4. The number of hydrogen-bond donors (Lipinski definition) is 2. The maximum absolute atomic E-state index is 11.0. The van der Waals surface area contributed by atoms with E-state index in [1.165, 1.54) is 6.08 Å². The number of likely N-dealkylation sites (N-methyl/N-ethyl adjacent to an activating group) is 1. The van der Waals surface area contributed by atoms with Crippen molar-refractivity contribution in [2.24, 2.45) is 5.73 Å².